The van der Waals surface area contributed by atoms with Crippen molar-refractivity contribution in [2.45, 2.75) is 86.0 Å². The Morgan fingerprint density at radius 2 is 0.617 bits per heavy atom. The van der Waals surface area contributed by atoms with Crippen molar-refractivity contribution >= 4 is 125 Å². The van der Waals surface area contributed by atoms with Crippen LogP contribution in [-0.4, -0.2) is 261 Å². The summed E-state index contributed by atoms with van der Waals surface area (Å²) >= 11 is 0. The Hall–Kier alpha value is -1.72. The van der Waals surface area contributed by atoms with E-state index < -0.39 is 231 Å². The maximum absolute atomic E-state index is 12.5. The lowest BCUT2D eigenvalue weighted by molar-refractivity contribution is -0.343. The monoisotopic (exact) mass is 1450 g/mol. The van der Waals surface area contributed by atoms with E-state index in [2.05, 4.69) is 54.9 Å². The van der Waals surface area contributed by atoms with Crippen molar-refractivity contribution in [3.63, 3.8) is 0 Å². The van der Waals surface area contributed by atoms with Crippen LogP contribution in [0.4, 0.5) is 0 Å². The lowest BCUT2D eigenvalue weighted by Gasteiger charge is -2.45. The molecule has 1 unspecified atom stereocenters. The highest BCUT2D eigenvalue weighted by Crippen LogP contribution is 2.37. The van der Waals surface area contributed by atoms with E-state index in [1.54, 1.807) is 0 Å². The molecule has 0 amide bonds. The molecule has 52 nitrogen and oxygen atoms in total. The normalized spacial score (nSPS) is 27.3. The van der Waals surface area contributed by atoms with Crippen molar-refractivity contribution in [2.75, 3.05) is 19.8 Å². The van der Waals surface area contributed by atoms with E-state index in [0.29, 0.717) is 0 Å². The molecule has 64 heteroatoms. The molecular formula is C17H32O52S12. The van der Waals surface area contributed by atoms with Crippen LogP contribution in [0, 0.1) is 0 Å². The van der Waals surface area contributed by atoms with Gasteiger partial charge in [0.05, 0.1) is 19.8 Å². The van der Waals surface area contributed by atoms with E-state index in [1.807, 2.05) is 0 Å². The van der Waals surface area contributed by atoms with Gasteiger partial charge in [-0.25, -0.2) is 50.2 Å². The van der Waals surface area contributed by atoms with Crippen molar-refractivity contribution < 1.29 is 225 Å². The minimum absolute atomic E-state index is 2.15. The molecule has 0 bridgehead atoms. The summed E-state index contributed by atoms with van der Waals surface area (Å²) < 4.78 is 469. The standard InChI is InChI=1S/C17H32O52S12/c18-70(19,20)55-2-4-8(62-74(30,31)32)10(64-76(36,37)38)12(66-78(42,43)44)15(57-4)54-1-5(60-72(24,25)26)7(9(63-75(33,34)35)6(61-73(27,28)29)3-56-71(21,22)23)58-16-13(67-79(45,46)47)11(65-77(39,40)41)14(68-80(48,49)50)17(59-16)69-81(51,52)53/h4-17H,1-3H2,(H,18,19,20)(H,21,22,23)(H,24,25,26)(H,27,28,29)(H,30,31,32)(H,33,34,35)(H,36,37,38)(H,39,40,41)(H,42,43,44)(H,45,46,47)(H,48,49,50)(H,51,52,53)/t4-,5+,6-,7-,8-,9-,10+,11-,12-,13-,14+,15-,16-,17?/m1/s1. The lowest BCUT2D eigenvalue weighted by atomic mass is 9.99. The van der Waals surface area contributed by atoms with Gasteiger partial charge in [0.2, 0.25) is 6.29 Å². The van der Waals surface area contributed by atoms with E-state index >= 15 is 0 Å². The fourth-order valence-corrected chi connectivity index (χ4v) is 11.3. The molecule has 0 radical (unpaired) electrons. The number of rotatable bonds is 34. The summed E-state index contributed by atoms with van der Waals surface area (Å²) in [5, 5.41) is 0. The molecule has 2 heterocycles. The zero-order valence-corrected chi connectivity index (χ0v) is 46.6. The van der Waals surface area contributed by atoms with Gasteiger partial charge in [-0.15, -0.1) is 0 Å². The number of hydrogen-bond donors (Lipinski definition) is 12. The first-order valence-electron chi connectivity index (χ1n) is 18.0. The van der Waals surface area contributed by atoms with E-state index in [0.717, 1.165) is 0 Å². The van der Waals surface area contributed by atoms with Crippen molar-refractivity contribution in [1.29, 1.82) is 0 Å². The summed E-state index contributed by atoms with van der Waals surface area (Å²) in [7, 11) is -77.8. The van der Waals surface area contributed by atoms with Crippen LogP contribution >= 0.6 is 0 Å². The Bertz CT molecular complexity index is 3610. The smallest absolute Gasteiger partial charge is 0.347 e. The third kappa shape index (κ3) is 31.0. The first kappa shape index (κ1) is 75.4. The second kappa shape index (κ2) is 27.1. The lowest BCUT2D eigenvalue weighted by Crippen LogP contribution is -2.65. The summed E-state index contributed by atoms with van der Waals surface area (Å²) in [4.78, 5) is 0. The topological polar surface area (TPSA) is 800 Å². The van der Waals surface area contributed by atoms with Crippen LogP contribution in [0.3, 0.4) is 0 Å². The van der Waals surface area contributed by atoms with Gasteiger partial charge in [-0.05, 0) is 0 Å². The molecule has 2 fully saturated rings. The molecule has 2 saturated heterocycles. The van der Waals surface area contributed by atoms with Crippen LogP contribution in [0.2, 0.25) is 0 Å². The predicted octanol–water partition coefficient (Wildman–Crippen LogP) is -10.1. The molecule has 0 aromatic rings. The number of ether oxygens (including phenoxy) is 4. The van der Waals surface area contributed by atoms with E-state index in [-0.39, 0.29) is 0 Å². The van der Waals surface area contributed by atoms with Gasteiger partial charge in [0.25, 0.3) is 0 Å². The fourth-order valence-electron chi connectivity index (χ4n) is 5.88. The quantitative estimate of drug-likeness (QED) is 0.0266. The molecule has 81 heavy (non-hydrogen) atoms. The molecule has 14 atom stereocenters. The van der Waals surface area contributed by atoms with Crippen molar-refractivity contribution in [2.24, 2.45) is 0 Å². The average molecular weight is 1450 g/mol. The fraction of sp³-hybridized carbons (Fsp3) is 1.00. The van der Waals surface area contributed by atoms with Crippen molar-refractivity contribution in [1.82, 2.24) is 0 Å². The number of hydrogen-bond acceptors (Lipinski definition) is 40. The largest absolute Gasteiger partial charge is 0.399 e. The van der Waals surface area contributed by atoms with Crippen LogP contribution in [-0.2, 0) is 194 Å². The molecule has 12 N–H and O–H groups in total. The highest BCUT2D eigenvalue weighted by atomic mass is 32.3. The van der Waals surface area contributed by atoms with E-state index in [1.165, 1.54) is 0 Å². The summed E-state index contributed by atoms with van der Waals surface area (Å²) in [6.07, 6.45) is -53.5. The third-order valence-corrected chi connectivity index (χ3v) is 13.5. The van der Waals surface area contributed by atoms with Crippen LogP contribution in [0.15, 0.2) is 0 Å². The highest BCUT2D eigenvalue weighted by molar-refractivity contribution is 7.83. The third-order valence-electron chi connectivity index (χ3n) is 7.91. The molecule has 0 aliphatic carbocycles. The molecule has 2 rings (SSSR count). The van der Waals surface area contributed by atoms with Crippen molar-refractivity contribution in [3.8, 4) is 0 Å². The molecule has 484 valence electrons. The first-order valence-corrected chi connectivity index (χ1v) is 34.3. The minimum atomic E-state index is -6.83. The van der Waals surface area contributed by atoms with Crippen LogP contribution in [0.1, 0.15) is 0 Å². The highest BCUT2D eigenvalue weighted by Gasteiger charge is 2.59. The predicted molar refractivity (Wildman–Crippen MR) is 224 cm³/mol. The van der Waals surface area contributed by atoms with Gasteiger partial charge in [0.1, 0.15) is 48.8 Å². The Balaban J connectivity index is 3.42. The maximum atomic E-state index is 12.5. The molecule has 0 aromatic carbocycles. The molecule has 0 spiro atoms. The van der Waals surface area contributed by atoms with Gasteiger partial charge in [-0.2, -0.15) is 101 Å². The maximum Gasteiger partial charge on any atom is 0.399 e. The molecule has 2 aliphatic rings. The molecule has 0 aromatic heterocycles. The molecule has 0 saturated carbocycles. The minimum Gasteiger partial charge on any atom is -0.347 e. The van der Waals surface area contributed by atoms with Crippen LogP contribution < -0.4 is 0 Å². The van der Waals surface area contributed by atoms with Crippen LogP contribution in [0.5, 0.6) is 0 Å². The Kier molecular flexibility index (Phi) is 25.2. The van der Waals surface area contributed by atoms with Crippen LogP contribution in [0.25, 0.3) is 0 Å². The molecule has 2 aliphatic heterocycles. The van der Waals surface area contributed by atoms with Crippen molar-refractivity contribution in [3.05, 3.63) is 0 Å². The summed E-state index contributed by atoms with van der Waals surface area (Å²) in [6.45, 7) is -7.46. The van der Waals surface area contributed by atoms with E-state index in [4.69, 9.17) is 18.8 Å². The Morgan fingerprint density at radius 1 is 0.296 bits per heavy atom. The average Bonchev–Trinajstić information content (AvgIpc) is 3.15. The zero-order valence-electron chi connectivity index (χ0n) is 36.8. The second-order valence-electron chi connectivity index (χ2n) is 13.8. The van der Waals surface area contributed by atoms with Gasteiger partial charge in [0.15, 0.2) is 30.9 Å². The Labute approximate surface area is 452 Å². The van der Waals surface area contributed by atoms with Gasteiger partial charge in [0, 0.05) is 0 Å². The van der Waals surface area contributed by atoms with Gasteiger partial charge in [-0.1, -0.05) is 0 Å². The summed E-state index contributed by atoms with van der Waals surface area (Å²) in [5.74, 6) is 0. The second-order valence-corrected chi connectivity index (χ2v) is 26.5. The summed E-state index contributed by atoms with van der Waals surface area (Å²) in [6, 6.07) is 0. The summed E-state index contributed by atoms with van der Waals surface area (Å²) in [5.41, 5.74) is 0. The zero-order chi connectivity index (χ0) is 63.5. The van der Waals surface area contributed by atoms with E-state index in [9.17, 15) is 151 Å². The SMILES string of the molecule is O=S(=O)(O)OC[C@H]1O[C@@H](OC[C@H](OS(=O)(=O)O)[C@@H](O[C@@H]2OC(OS(=O)(=O)O)[C@@H](OS(=O)(=O)O)[C@H](OS(=O)(=O)O)[C@H]2OS(=O)(=O)O)[C@H](OS(=O)(=O)O)[C@@H](COS(=O)(=O)O)OS(=O)(=O)O)[C@H](OS(=O)(=O)O)[C@@H](OS(=O)(=O)O)[C@@H]1OS(=O)(=O)O. The van der Waals surface area contributed by atoms with Gasteiger partial charge >= 0.3 is 125 Å². The van der Waals surface area contributed by atoms with Gasteiger partial charge in [-0.3, -0.25) is 54.6 Å². The Morgan fingerprint density at radius 3 is 0.975 bits per heavy atom. The first-order chi connectivity index (χ1) is 35.6. The van der Waals surface area contributed by atoms with Gasteiger partial charge < -0.3 is 18.9 Å². The molecular weight excluding hydrogens is 1420 g/mol.